The van der Waals surface area contributed by atoms with Crippen molar-refractivity contribution in [2.45, 2.75) is 45.2 Å². The zero-order valence-electron chi connectivity index (χ0n) is 19.7. The van der Waals surface area contributed by atoms with Crippen molar-refractivity contribution in [2.24, 2.45) is 0 Å². The predicted octanol–water partition coefficient (Wildman–Crippen LogP) is 4.67. The minimum Gasteiger partial charge on any atom is -0.331 e. The Bertz CT molecular complexity index is 1440. The van der Waals surface area contributed by atoms with E-state index in [-0.39, 0.29) is 41.5 Å². The van der Waals surface area contributed by atoms with Crippen LogP contribution < -0.4 is 0 Å². The second kappa shape index (κ2) is 9.23. The van der Waals surface area contributed by atoms with Gasteiger partial charge in [0.2, 0.25) is 0 Å². The van der Waals surface area contributed by atoms with Crippen LogP contribution in [0, 0.1) is 11.3 Å². The molecule has 0 spiro atoms. The number of hydrogen-bond acceptors (Lipinski definition) is 4. The van der Waals surface area contributed by atoms with E-state index >= 15 is 0 Å². The summed E-state index contributed by atoms with van der Waals surface area (Å²) in [4.78, 5) is 30.0. The molecular formula is C26H21ClF3N5O2. The van der Waals surface area contributed by atoms with Crippen molar-refractivity contribution in [3.63, 3.8) is 0 Å². The van der Waals surface area contributed by atoms with Gasteiger partial charge >= 0.3 is 6.18 Å². The maximum Gasteiger partial charge on any atom is 0.416 e. The number of nitriles is 1. The summed E-state index contributed by atoms with van der Waals surface area (Å²) in [5.41, 5.74) is 2.20. The van der Waals surface area contributed by atoms with E-state index in [0.717, 1.165) is 17.8 Å². The Morgan fingerprint density at radius 3 is 2.59 bits per heavy atom. The number of carbonyl (C=O) groups excluding carboxylic acids is 2. The number of nitrogens with zero attached hydrogens (tertiary/aromatic N) is 5. The summed E-state index contributed by atoms with van der Waals surface area (Å²) < 4.78 is 40.3. The summed E-state index contributed by atoms with van der Waals surface area (Å²) in [6.07, 6.45) is -3.96. The van der Waals surface area contributed by atoms with Gasteiger partial charge in [-0.25, -0.2) is 0 Å². The molecule has 3 heterocycles. The van der Waals surface area contributed by atoms with E-state index < -0.39 is 11.7 Å². The fraction of sp³-hybridized carbons (Fsp3) is 0.308. The lowest BCUT2D eigenvalue weighted by Gasteiger charge is -2.34. The van der Waals surface area contributed by atoms with E-state index in [2.05, 4.69) is 5.10 Å². The third-order valence-electron chi connectivity index (χ3n) is 6.80. The molecule has 1 atom stereocenters. The average Bonchev–Trinajstić information content (AvgIpc) is 3.22. The molecule has 0 radical (unpaired) electrons. The fourth-order valence-corrected chi connectivity index (χ4v) is 4.97. The first-order valence-electron chi connectivity index (χ1n) is 11.6. The molecule has 0 saturated heterocycles. The normalized spacial score (nSPS) is 17.3. The standard InChI is InChI=1S/C26H21ClF3N5O2/c1-15-10-22-20(14-34(15)24(36)17-4-7-21(27)18(11-17)12-31)23-25(37)33(8-9-35(23)32-22)13-16-2-5-19(6-3-16)26(28,29)30/h2-7,11,15H,8-10,13-14H2,1H3/t15-/m1/s1. The molecule has 3 aromatic rings. The minimum atomic E-state index is -4.42. The zero-order valence-corrected chi connectivity index (χ0v) is 20.5. The molecular weight excluding hydrogens is 507 g/mol. The maximum atomic E-state index is 13.5. The largest absolute Gasteiger partial charge is 0.416 e. The Morgan fingerprint density at radius 2 is 1.92 bits per heavy atom. The van der Waals surface area contributed by atoms with Crippen LogP contribution >= 0.6 is 11.6 Å². The molecule has 190 valence electrons. The highest BCUT2D eigenvalue weighted by Crippen LogP contribution is 2.32. The Kier molecular flexibility index (Phi) is 6.20. The molecule has 0 bridgehead atoms. The molecule has 0 saturated carbocycles. The Morgan fingerprint density at radius 1 is 1.19 bits per heavy atom. The smallest absolute Gasteiger partial charge is 0.331 e. The van der Waals surface area contributed by atoms with E-state index in [1.54, 1.807) is 20.5 Å². The lowest BCUT2D eigenvalue weighted by molar-refractivity contribution is -0.137. The zero-order chi connectivity index (χ0) is 26.5. The van der Waals surface area contributed by atoms with Crippen LogP contribution in [0.1, 0.15) is 55.7 Å². The van der Waals surface area contributed by atoms with E-state index in [9.17, 15) is 28.0 Å². The number of halogens is 4. The SMILES string of the molecule is C[C@@H]1Cc2nn3c(c2CN1C(=O)c1ccc(Cl)c(C#N)c1)C(=O)N(Cc1ccc(C(F)(F)F)cc1)CC3. The van der Waals surface area contributed by atoms with Crippen molar-refractivity contribution in [3.05, 3.63) is 86.7 Å². The van der Waals surface area contributed by atoms with Crippen molar-refractivity contribution in [1.82, 2.24) is 19.6 Å². The number of fused-ring (bicyclic) bond motifs is 3. The molecule has 0 N–H and O–H groups in total. The number of carbonyl (C=O) groups is 2. The lowest BCUT2D eigenvalue weighted by Crippen LogP contribution is -2.44. The summed E-state index contributed by atoms with van der Waals surface area (Å²) >= 11 is 6.01. The topological polar surface area (TPSA) is 82.2 Å². The van der Waals surface area contributed by atoms with Crippen LogP contribution in [0.4, 0.5) is 13.2 Å². The molecule has 2 aliphatic heterocycles. The molecule has 0 fully saturated rings. The van der Waals surface area contributed by atoms with Gasteiger partial charge in [0.1, 0.15) is 11.8 Å². The van der Waals surface area contributed by atoms with E-state index in [1.807, 2.05) is 13.0 Å². The van der Waals surface area contributed by atoms with Crippen LogP contribution in [-0.4, -0.2) is 44.0 Å². The molecule has 37 heavy (non-hydrogen) atoms. The Balaban J connectivity index is 1.39. The highest BCUT2D eigenvalue weighted by Gasteiger charge is 2.37. The van der Waals surface area contributed by atoms with E-state index in [1.165, 1.54) is 24.3 Å². The number of aromatic nitrogens is 2. The van der Waals surface area contributed by atoms with Gasteiger partial charge in [0.05, 0.1) is 34.9 Å². The fourth-order valence-electron chi connectivity index (χ4n) is 4.82. The first-order valence-corrected chi connectivity index (χ1v) is 12.0. The maximum absolute atomic E-state index is 13.5. The molecule has 1 aromatic heterocycles. The number of hydrogen-bond donors (Lipinski definition) is 0. The molecule has 7 nitrogen and oxygen atoms in total. The van der Waals surface area contributed by atoms with Gasteiger partial charge in [-0.3, -0.25) is 14.3 Å². The highest BCUT2D eigenvalue weighted by molar-refractivity contribution is 6.31. The molecule has 2 aliphatic rings. The molecule has 0 aliphatic carbocycles. The lowest BCUT2D eigenvalue weighted by atomic mass is 9.97. The van der Waals surface area contributed by atoms with Gasteiger partial charge in [-0.05, 0) is 42.8 Å². The third-order valence-corrected chi connectivity index (χ3v) is 7.13. The Hall–Kier alpha value is -3.84. The van der Waals surface area contributed by atoms with Crippen molar-refractivity contribution < 1.29 is 22.8 Å². The first kappa shape index (κ1) is 24.8. The van der Waals surface area contributed by atoms with Crippen LogP contribution in [0.5, 0.6) is 0 Å². The minimum absolute atomic E-state index is 0.164. The number of benzene rings is 2. The highest BCUT2D eigenvalue weighted by atomic mass is 35.5. The van der Waals surface area contributed by atoms with Crippen LogP contribution in [0.15, 0.2) is 42.5 Å². The number of amides is 2. The molecule has 0 unspecified atom stereocenters. The van der Waals surface area contributed by atoms with E-state index in [4.69, 9.17) is 11.6 Å². The summed E-state index contributed by atoms with van der Waals surface area (Å²) in [5.74, 6) is -0.559. The van der Waals surface area contributed by atoms with Gasteiger partial charge in [-0.15, -0.1) is 0 Å². The van der Waals surface area contributed by atoms with Crippen molar-refractivity contribution in [1.29, 1.82) is 5.26 Å². The van der Waals surface area contributed by atoms with Gasteiger partial charge < -0.3 is 9.80 Å². The van der Waals surface area contributed by atoms with E-state index in [0.29, 0.717) is 41.9 Å². The van der Waals surface area contributed by atoms with Crippen LogP contribution in [0.3, 0.4) is 0 Å². The summed E-state index contributed by atoms with van der Waals surface area (Å²) in [7, 11) is 0. The van der Waals surface area contributed by atoms with Crippen molar-refractivity contribution >= 4 is 23.4 Å². The van der Waals surface area contributed by atoms with Crippen molar-refractivity contribution in [3.8, 4) is 6.07 Å². The van der Waals surface area contributed by atoms with Gasteiger partial charge in [-0.1, -0.05) is 23.7 Å². The van der Waals surface area contributed by atoms with Gasteiger partial charge in [0, 0.05) is 36.7 Å². The summed E-state index contributed by atoms with van der Waals surface area (Å²) in [6.45, 7) is 3.05. The summed E-state index contributed by atoms with van der Waals surface area (Å²) in [6, 6.07) is 11.1. The van der Waals surface area contributed by atoms with Crippen LogP contribution in [-0.2, 0) is 32.2 Å². The third kappa shape index (κ3) is 4.55. The van der Waals surface area contributed by atoms with Gasteiger partial charge in [0.15, 0.2) is 0 Å². The molecule has 11 heteroatoms. The quantitative estimate of drug-likeness (QED) is 0.495. The number of rotatable bonds is 3. The van der Waals surface area contributed by atoms with Gasteiger partial charge in [0.25, 0.3) is 11.8 Å². The Labute approximate surface area is 215 Å². The second-order valence-electron chi connectivity index (χ2n) is 9.21. The predicted molar refractivity (Wildman–Crippen MR) is 128 cm³/mol. The second-order valence-corrected chi connectivity index (χ2v) is 9.62. The first-order chi connectivity index (χ1) is 17.6. The summed E-state index contributed by atoms with van der Waals surface area (Å²) in [5, 5.41) is 14.2. The molecule has 5 rings (SSSR count). The monoisotopic (exact) mass is 527 g/mol. The molecule has 2 amide bonds. The van der Waals surface area contributed by atoms with Crippen LogP contribution in [0.2, 0.25) is 5.02 Å². The van der Waals surface area contributed by atoms with Crippen LogP contribution in [0.25, 0.3) is 0 Å². The average molecular weight is 528 g/mol. The molecule has 2 aromatic carbocycles. The van der Waals surface area contributed by atoms with Crippen molar-refractivity contribution in [2.75, 3.05) is 6.54 Å². The van der Waals surface area contributed by atoms with Gasteiger partial charge in [-0.2, -0.15) is 23.5 Å². The number of alkyl halides is 3.